The van der Waals surface area contributed by atoms with Crippen molar-refractivity contribution in [3.63, 3.8) is 0 Å². The normalized spacial score (nSPS) is 10.7. The molecule has 0 spiro atoms. The summed E-state index contributed by atoms with van der Waals surface area (Å²) in [5, 5.41) is 0. The number of ether oxygens (including phenoxy) is 2. The van der Waals surface area contributed by atoms with Gasteiger partial charge < -0.3 is 9.47 Å². The van der Waals surface area contributed by atoms with Crippen molar-refractivity contribution < 1.29 is 19.1 Å². The SMILES string of the molecule is CCOC(=O)C(C=Nc1ccccc(Br)c1=O)C(=O)OCC. The van der Waals surface area contributed by atoms with Crippen LogP contribution in [0.15, 0.2) is 38.5 Å². The Hall–Kier alpha value is -2.02. The van der Waals surface area contributed by atoms with Crippen LogP contribution in [0.25, 0.3) is 0 Å². The van der Waals surface area contributed by atoms with E-state index in [0.29, 0.717) is 4.47 Å². The molecule has 118 valence electrons. The number of carbonyl (C=O) groups is 2. The first-order chi connectivity index (χ1) is 10.5. The lowest BCUT2D eigenvalue weighted by atomic mass is 10.2. The van der Waals surface area contributed by atoms with E-state index >= 15 is 0 Å². The van der Waals surface area contributed by atoms with Crippen molar-refractivity contribution in [2.75, 3.05) is 13.2 Å². The van der Waals surface area contributed by atoms with Gasteiger partial charge in [0, 0.05) is 6.21 Å². The van der Waals surface area contributed by atoms with Crippen molar-refractivity contribution in [1.29, 1.82) is 0 Å². The third-order valence-corrected chi connectivity index (χ3v) is 3.13. The molecule has 0 aromatic heterocycles. The molecule has 0 fully saturated rings. The molecule has 1 rings (SSSR count). The summed E-state index contributed by atoms with van der Waals surface area (Å²) in [6.07, 6.45) is 1.07. The van der Waals surface area contributed by atoms with Gasteiger partial charge in [0.05, 0.1) is 17.7 Å². The van der Waals surface area contributed by atoms with Gasteiger partial charge in [-0.25, -0.2) is 0 Å². The summed E-state index contributed by atoms with van der Waals surface area (Å²) in [5.74, 6) is -2.84. The van der Waals surface area contributed by atoms with E-state index in [9.17, 15) is 14.4 Å². The van der Waals surface area contributed by atoms with E-state index < -0.39 is 17.9 Å². The van der Waals surface area contributed by atoms with Crippen LogP contribution in [0.3, 0.4) is 0 Å². The molecule has 0 radical (unpaired) electrons. The molecule has 0 unspecified atom stereocenters. The standard InChI is InChI=1S/C15H16BrNO5/c1-3-21-14(19)10(15(20)22-4-2)9-17-12-8-6-5-7-11(16)13(12)18/h5-10H,3-4H2,1-2H3. The van der Waals surface area contributed by atoms with Crippen LogP contribution < -0.4 is 5.43 Å². The molecule has 0 saturated carbocycles. The zero-order valence-electron chi connectivity index (χ0n) is 12.2. The molecule has 0 N–H and O–H groups in total. The van der Waals surface area contributed by atoms with E-state index in [1.165, 1.54) is 6.07 Å². The van der Waals surface area contributed by atoms with Gasteiger partial charge in [0.2, 0.25) is 5.43 Å². The van der Waals surface area contributed by atoms with E-state index in [0.717, 1.165) is 6.21 Å². The number of nitrogens with zero attached hydrogens (tertiary/aromatic N) is 1. The van der Waals surface area contributed by atoms with Crippen molar-refractivity contribution in [3.8, 4) is 0 Å². The molecule has 22 heavy (non-hydrogen) atoms. The van der Waals surface area contributed by atoms with E-state index in [1.807, 2.05) is 0 Å². The number of hydrogen-bond donors (Lipinski definition) is 0. The quantitative estimate of drug-likeness (QED) is 0.436. The Morgan fingerprint density at radius 1 is 1.18 bits per heavy atom. The van der Waals surface area contributed by atoms with Crippen molar-refractivity contribution in [1.82, 2.24) is 0 Å². The Kier molecular flexibility index (Phi) is 7.45. The molecular weight excluding hydrogens is 354 g/mol. The summed E-state index contributed by atoms with van der Waals surface area (Å²) in [7, 11) is 0. The Morgan fingerprint density at radius 3 is 2.27 bits per heavy atom. The highest BCUT2D eigenvalue weighted by atomic mass is 79.9. The minimum atomic E-state index is -1.30. The summed E-state index contributed by atoms with van der Waals surface area (Å²) >= 11 is 3.12. The molecule has 6 nitrogen and oxygen atoms in total. The monoisotopic (exact) mass is 369 g/mol. The van der Waals surface area contributed by atoms with Crippen LogP contribution in [-0.4, -0.2) is 31.4 Å². The molecule has 7 heteroatoms. The highest BCUT2D eigenvalue weighted by Gasteiger charge is 2.27. The summed E-state index contributed by atoms with van der Waals surface area (Å²) in [5.41, 5.74) is -0.261. The lowest BCUT2D eigenvalue weighted by Gasteiger charge is -2.09. The average Bonchev–Trinajstić information content (AvgIpc) is 2.63. The van der Waals surface area contributed by atoms with Crippen LogP contribution >= 0.6 is 15.9 Å². The fourth-order valence-electron chi connectivity index (χ4n) is 1.50. The maximum atomic E-state index is 12.0. The van der Waals surface area contributed by atoms with Crippen LogP contribution in [0, 0.1) is 5.92 Å². The second-order valence-electron chi connectivity index (χ2n) is 4.04. The highest BCUT2D eigenvalue weighted by Crippen LogP contribution is 2.10. The first-order valence-electron chi connectivity index (χ1n) is 6.67. The van der Waals surface area contributed by atoms with Gasteiger partial charge in [-0.2, -0.15) is 0 Å². The molecule has 1 aromatic rings. The molecule has 1 aromatic carbocycles. The Balaban J connectivity index is 3.11. The molecule has 0 aliphatic rings. The molecule has 0 aliphatic carbocycles. The fourth-order valence-corrected chi connectivity index (χ4v) is 1.85. The number of halogens is 1. The largest absolute Gasteiger partial charge is 0.465 e. The van der Waals surface area contributed by atoms with Crippen molar-refractivity contribution in [2.24, 2.45) is 10.9 Å². The van der Waals surface area contributed by atoms with Gasteiger partial charge in [0.15, 0.2) is 5.92 Å². The number of esters is 2. The smallest absolute Gasteiger partial charge is 0.325 e. The summed E-state index contributed by atoms with van der Waals surface area (Å²) in [4.78, 5) is 39.5. The maximum absolute atomic E-state index is 12.0. The van der Waals surface area contributed by atoms with E-state index in [4.69, 9.17) is 9.47 Å². The van der Waals surface area contributed by atoms with E-state index in [1.54, 1.807) is 32.0 Å². The number of rotatable bonds is 6. The molecule has 0 atom stereocenters. The second-order valence-corrected chi connectivity index (χ2v) is 4.89. The summed E-state index contributed by atoms with van der Waals surface area (Å²) < 4.78 is 9.96. The predicted molar refractivity (Wildman–Crippen MR) is 85.3 cm³/mol. The summed E-state index contributed by atoms with van der Waals surface area (Å²) in [6, 6.07) is 6.35. The minimum absolute atomic E-state index is 0.0930. The predicted octanol–water partition coefficient (Wildman–Crippen LogP) is 2.25. The fraction of sp³-hybridized carbons (Fsp3) is 0.333. The van der Waals surface area contributed by atoms with Gasteiger partial charge in [0.25, 0.3) is 0 Å². The average molecular weight is 370 g/mol. The zero-order valence-corrected chi connectivity index (χ0v) is 13.8. The number of carbonyl (C=O) groups excluding carboxylic acids is 2. The lowest BCUT2D eigenvalue weighted by molar-refractivity contribution is -0.157. The van der Waals surface area contributed by atoms with Crippen LogP contribution in [-0.2, 0) is 19.1 Å². The number of aliphatic imine (C=N–C) groups is 1. The Labute approximate surface area is 136 Å². The van der Waals surface area contributed by atoms with Gasteiger partial charge in [-0.05, 0) is 41.9 Å². The molecule has 0 aliphatic heterocycles. The van der Waals surface area contributed by atoms with Crippen molar-refractivity contribution in [3.05, 3.63) is 39.0 Å². The van der Waals surface area contributed by atoms with Crippen LogP contribution in [0.4, 0.5) is 5.69 Å². The van der Waals surface area contributed by atoms with E-state index in [2.05, 4.69) is 20.9 Å². The molecule has 0 amide bonds. The van der Waals surface area contributed by atoms with Gasteiger partial charge in [-0.15, -0.1) is 0 Å². The van der Waals surface area contributed by atoms with Gasteiger partial charge in [-0.1, -0.05) is 12.1 Å². The van der Waals surface area contributed by atoms with Gasteiger partial charge in [0.1, 0.15) is 5.69 Å². The van der Waals surface area contributed by atoms with Crippen LogP contribution in [0.5, 0.6) is 0 Å². The molecule has 0 bridgehead atoms. The van der Waals surface area contributed by atoms with Crippen molar-refractivity contribution >= 4 is 39.8 Å². The van der Waals surface area contributed by atoms with Gasteiger partial charge >= 0.3 is 11.9 Å². The third kappa shape index (κ3) is 5.07. The molecular formula is C15H16BrNO5. The van der Waals surface area contributed by atoms with Gasteiger partial charge in [-0.3, -0.25) is 19.4 Å². The van der Waals surface area contributed by atoms with Crippen molar-refractivity contribution in [2.45, 2.75) is 13.8 Å². The highest BCUT2D eigenvalue weighted by molar-refractivity contribution is 9.10. The zero-order chi connectivity index (χ0) is 16.5. The molecule has 0 heterocycles. The first kappa shape index (κ1) is 18.0. The van der Waals surface area contributed by atoms with Crippen LogP contribution in [0.1, 0.15) is 13.8 Å². The summed E-state index contributed by atoms with van der Waals surface area (Å²) in [6.45, 7) is 3.51. The van der Waals surface area contributed by atoms with E-state index in [-0.39, 0.29) is 24.3 Å². The second kappa shape index (κ2) is 9.09. The lowest BCUT2D eigenvalue weighted by Crippen LogP contribution is -2.29. The minimum Gasteiger partial charge on any atom is -0.465 e. The Morgan fingerprint density at radius 2 is 1.73 bits per heavy atom. The third-order valence-electron chi connectivity index (χ3n) is 2.50. The van der Waals surface area contributed by atoms with Crippen LogP contribution in [0.2, 0.25) is 0 Å². The number of hydrogen-bond acceptors (Lipinski definition) is 6. The Bertz CT molecular complexity index is 612. The topological polar surface area (TPSA) is 82.0 Å². The maximum Gasteiger partial charge on any atom is 0.325 e. The molecule has 0 saturated heterocycles. The first-order valence-corrected chi connectivity index (χ1v) is 7.46.